The van der Waals surface area contributed by atoms with Crippen molar-refractivity contribution < 1.29 is 0 Å². The first-order valence-electron chi connectivity index (χ1n) is 7.19. The van der Waals surface area contributed by atoms with Gasteiger partial charge in [0.2, 0.25) is 5.43 Å². The van der Waals surface area contributed by atoms with Gasteiger partial charge in [-0.25, -0.2) is 14.5 Å². The van der Waals surface area contributed by atoms with E-state index in [1.807, 2.05) is 19.1 Å². The van der Waals surface area contributed by atoms with Gasteiger partial charge < -0.3 is 0 Å². The zero-order chi connectivity index (χ0) is 15.9. The number of nitrogens with zero attached hydrogens (tertiary/aromatic N) is 4. The van der Waals surface area contributed by atoms with Gasteiger partial charge >= 0.3 is 0 Å². The van der Waals surface area contributed by atoms with Crippen LogP contribution in [0.25, 0.3) is 17.0 Å². The summed E-state index contributed by atoms with van der Waals surface area (Å²) in [4.78, 5) is 20.4. The van der Waals surface area contributed by atoms with E-state index in [0.717, 1.165) is 5.56 Å². The van der Waals surface area contributed by atoms with Gasteiger partial charge in [-0.1, -0.05) is 45.0 Å². The molecule has 0 N–H and O–H groups in total. The van der Waals surface area contributed by atoms with Crippen molar-refractivity contribution in [1.82, 2.24) is 19.6 Å². The van der Waals surface area contributed by atoms with Crippen LogP contribution in [0.1, 0.15) is 32.2 Å². The van der Waals surface area contributed by atoms with Gasteiger partial charge in [0.25, 0.3) is 0 Å². The molecule has 5 heteroatoms. The standard InChI is InChI=1S/C17H18N4O/c1-11-19-16(20-15-9-14(22)10-18-21(11)15)12-5-7-13(8-6-12)17(2,3)4/h5-10H,1-4H3. The zero-order valence-corrected chi connectivity index (χ0v) is 13.2. The maximum absolute atomic E-state index is 11.5. The van der Waals surface area contributed by atoms with Crippen LogP contribution in [0.3, 0.4) is 0 Å². The Labute approximate surface area is 128 Å². The summed E-state index contributed by atoms with van der Waals surface area (Å²) in [7, 11) is 0. The molecule has 1 aromatic carbocycles. The fraction of sp³-hybridized carbons (Fsp3) is 0.294. The SMILES string of the molecule is Cc1nc(-c2ccc(C(C)(C)C)cc2)nc2cc(=O)cnn12. The molecule has 0 aliphatic carbocycles. The Morgan fingerprint density at radius 2 is 1.73 bits per heavy atom. The van der Waals surface area contributed by atoms with E-state index in [0.29, 0.717) is 17.3 Å². The summed E-state index contributed by atoms with van der Waals surface area (Å²) in [5, 5.41) is 4.04. The van der Waals surface area contributed by atoms with Gasteiger partial charge in [-0.05, 0) is 17.9 Å². The van der Waals surface area contributed by atoms with Crippen molar-refractivity contribution in [1.29, 1.82) is 0 Å². The second-order valence-electron chi connectivity index (χ2n) is 6.38. The maximum Gasteiger partial charge on any atom is 0.202 e. The smallest absolute Gasteiger partial charge is 0.202 e. The third kappa shape index (κ3) is 2.62. The van der Waals surface area contributed by atoms with E-state index >= 15 is 0 Å². The Balaban J connectivity index is 2.12. The van der Waals surface area contributed by atoms with Crippen LogP contribution in [0.4, 0.5) is 0 Å². The molecule has 0 aliphatic rings. The van der Waals surface area contributed by atoms with Gasteiger partial charge in [0.1, 0.15) is 5.82 Å². The number of aromatic nitrogens is 4. The Morgan fingerprint density at radius 3 is 2.36 bits per heavy atom. The molecule has 0 bridgehead atoms. The fourth-order valence-corrected chi connectivity index (χ4v) is 2.31. The normalized spacial score (nSPS) is 11.8. The first kappa shape index (κ1) is 14.4. The van der Waals surface area contributed by atoms with E-state index in [2.05, 4.69) is 48.0 Å². The topological polar surface area (TPSA) is 60.2 Å². The van der Waals surface area contributed by atoms with E-state index in [1.54, 1.807) is 4.52 Å². The second-order valence-corrected chi connectivity index (χ2v) is 6.38. The zero-order valence-electron chi connectivity index (χ0n) is 13.2. The molecule has 0 fully saturated rings. The van der Waals surface area contributed by atoms with E-state index in [1.165, 1.54) is 17.8 Å². The molecule has 5 nitrogen and oxygen atoms in total. The highest BCUT2D eigenvalue weighted by molar-refractivity contribution is 5.58. The van der Waals surface area contributed by atoms with Crippen LogP contribution >= 0.6 is 0 Å². The molecule has 2 aromatic heterocycles. The lowest BCUT2D eigenvalue weighted by molar-refractivity contribution is 0.590. The van der Waals surface area contributed by atoms with Crippen LogP contribution in [0, 0.1) is 6.92 Å². The number of hydrogen-bond donors (Lipinski definition) is 0. The van der Waals surface area contributed by atoms with Crippen LogP contribution in [0.2, 0.25) is 0 Å². The first-order chi connectivity index (χ1) is 10.3. The van der Waals surface area contributed by atoms with Crippen molar-refractivity contribution in [3.8, 4) is 11.4 Å². The third-order valence-electron chi connectivity index (χ3n) is 3.59. The largest absolute Gasteiger partial charge is 0.288 e. The predicted molar refractivity (Wildman–Crippen MR) is 85.9 cm³/mol. The minimum Gasteiger partial charge on any atom is -0.288 e. The molecule has 112 valence electrons. The van der Waals surface area contributed by atoms with Crippen molar-refractivity contribution >= 4 is 5.65 Å². The van der Waals surface area contributed by atoms with E-state index in [-0.39, 0.29) is 10.8 Å². The van der Waals surface area contributed by atoms with Gasteiger partial charge in [-0.3, -0.25) is 4.79 Å². The highest BCUT2D eigenvalue weighted by Crippen LogP contribution is 2.24. The Bertz CT molecular complexity index is 889. The molecule has 0 unspecified atom stereocenters. The van der Waals surface area contributed by atoms with Crippen LogP contribution in [0.15, 0.2) is 41.3 Å². The summed E-state index contributed by atoms with van der Waals surface area (Å²) in [6, 6.07) is 9.68. The molecule has 0 saturated heterocycles. The highest BCUT2D eigenvalue weighted by atomic mass is 16.1. The summed E-state index contributed by atoms with van der Waals surface area (Å²) in [6.07, 6.45) is 1.27. The van der Waals surface area contributed by atoms with Crippen molar-refractivity contribution in [2.75, 3.05) is 0 Å². The number of hydrogen-bond acceptors (Lipinski definition) is 4. The van der Waals surface area contributed by atoms with E-state index in [4.69, 9.17) is 0 Å². The van der Waals surface area contributed by atoms with Crippen molar-refractivity contribution in [3.63, 3.8) is 0 Å². The van der Waals surface area contributed by atoms with Crippen LogP contribution in [-0.4, -0.2) is 19.6 Å². The molecule has 22 heavy (non-hydrogen) atoms. The van der Waals surface area contributed by atoms with Crippen LogP contribution < -0.4 is 5.43 Å². The minimum atomic E-state index is -0.160. The summed E-state index contributed by atoms with van der Waals surface area (Å²) < 4.78 is 1.56. The lowest BCUT2D eigenvalue weighted by atomic mass is 9.87. The summed E-state index contributed by atoms with van der Waals surface area (Å²) in [5.41, 5.74) is 2.64. The predicted octanol–water partition coefficient (Wildman–Crippen LogP) is 2.76. The minimum absolute atomic E-state index is 0.107. The second kappa shape index (κ2) is 5.02. The molecule has 3 rings (SSSR count). The van der Waals surface area contributed by atoms with Gasteiger partial charge in [-0.2, -0.15) is 5.10 Å². The molecule has 0 spiro atoms. The summed E-state index contributed by atoms with van der Waals surface area (Å²) >= 11 is 0. The van der Waals surface area contributed by atoms with Crippen LogP contribution in [-0.2, 0) is 5.41 Å². The fourth-order valence-electron chi connectivity index (χ4n) is 2.31. The Kier molecular flexibility index (Phi) is 3.28. The molecule has 0 atom stereocenters. The highest BCUT2D eigenvalue weighted by Gasteiger charge is 2.14. The summed E-state index contributed by atoms with van der Waals surface area (Å²) in [6.45, 7) is 8.38. The number of rotatable bonds is 1. The van der Waals surface area contributed by atoms with Gasteiger partial charge in [-0.15, -0.1) is 0 Å². The molecule has 0 radical (unpaired) electrons. The van der Waals surface area contributed by atoms with Gasteiger partial charge in [0.05, 0.1) is 6.20 Å². The quantitative estimate of drug-likeness (QED) is 0.692. The average Bonchev–Trinajstić information content (AvgIpc) is 2.46. The lowest BCUT2D eigenvalue weighted by Gasteiger charge is -2.19. The van der Waals surface area contributed by atoms with Crippen molar-refractivity contribution in [2.24, 2.45) is 0 Å². The summed E-state index contributed by atoms with van der Waals surface area (Å²) in [5.74, 6) is 1.30. The molecule has 0 aliphatic heterocycles. The molecule has 0 amide bonds. The van der Waals surface area contributed by atoms with Gasteiger partial charge in [0.15, 0.2) is 11.5 Å². The molecule has 2 heterocycles. The third-order valence-corrected chi connectivity index (χ3v) is 3.59. The van der Waals surface area contributed by atoms with E-state index in [9.17, 15) is 4.79 Å². The van der Waals surface area contributed by atoms with Crippen molar-refractivity contribution in [3.05, 3.63) is 58.1 Å². The molecular weight excluding hydrogens is 276 g/mol. The molecule has 0 saturated carbocycles. The average molecular weight is 294 g/mol. The molecular formula is C17H18N4O. The Hall–Kier alpha value is -2.56. The van der Waals surface area contributed by atoms with Crippen molar-refractivity contribution in [2.45, 2.75) is 33.1 Å². The molecule has 3 aromatic rings. The monoisotopic (exact) mass is 294 g/mol. The Morgan fingerprint density at radius 1 is 1.05 bits per heavy atom. The maximum atomic E-state index is 11.5. The number of fused-ring (bicyclic) bond motifs is 1. The van der Waals surface area contributed by atoms with Crippen LogP contribution in [0.5, 0.6) is 0 Å². The number of aryl methyl sites for hydroxylation is 1. The lowest BCUT2D eigenvalue weighted by Crippen LogP contribution is -2.12. The number of benzene rings is 1. The first-order valence-corrected chi connectivity index (χ1v) is 7.19. The van der Waals surface area contributed by atoms with E-state index < -0.39 is 0 Å². The van der Waals surface area contributed by atoms with Gasteiger partial charge in [0, 0.05) is 11.6 Å².